The third kappa shape index (κ3) is 3.64. The van der Waals surface area contributed by atoms with Gasteiger partial charge in [0.25, 0.3) is 11.8 Å². The molecule has 0 bridgehead atoms. The van der Waals surface area contributed by atoms with Crippen molar-refractivity contribution in [2.75, 3.05) is 11.4 Å². The number of carbonyl (C=O) groups is 2. The van der Waals surface area contributed by atoms with Crippen LogP contribution in [0.15, 0.2) is 67.0 Å². The molecule has 0 atom stereocenters. The van der Waals surface area contributed by atoms with Gasteiger partial charge in [-0.1, -0.05) is 48.0 Å². The van der Waals surface area contributed by atoms with E-state index in [1.165, 1.54) is 18.0 Å². The molecule has 0 spiro atoms. The number of benzene rings is 2. The standard InChI is InChI=1S/C23H21N3O2/c1-16-6-8-17(9-7-16)13-25-22(27)19-12-20(15-24-14-19)23(28)26-11-10-18-4-2-3-5-21(18)26/h2-9,12,14-15H,10-11,13H2,1H3,(H,25,27). The molecule has 0 aliphatic carbocycles. The van der Waals surface area contributed by atoms with Gasteiger partial charge in [-0.2, -0.15) is 0 Å². The number of anilines is 1. The summed E-state index contributed by atoms with van der Waals surface area (Å²) >= 11 is 0. The Bertz CT molecular complexity index is 1030. The number of nitrogens with zero attached hydrogens (tertiary/aromatic N) is 2. The van der Waals surface area contributed by atoms with E-state index in [1.807, 2.05) is 55.5 Å². The molecule has 0 saturated carbocycles. The zero-order valence-electron chi connectivity index (χ0n) is 15.7. The van der Waals surface area contributed by atoms with Crippen LogP contribution in [-0.2, 0) is 13.0 Å². The summed E-state index contributed by atoms with van der Waals surface area (Å²) in [5.74, 6) is -0.379. The Labute approximate surface area is 164 Å². The SMILES string of the molecule is Cc1ccc(CNC(=O)c2cncc(C(=O)N3CCc4ccccc43)c2)cc1. The minimum atomic E-state index is -0.246. The highest BCUT2D eigenvalue weighted by Crippen LogP contribution is 2.28. The summed E-state index contributed by atoms with van der Waals surface area (Å²) in [6, 6.07) is 17.5. The third-order valence-corrected chi connectivity index (χ3v) is 4.95. The third-order valence-electron chi connectivity index (χ3n) is 4.95. The van der Waals surface area contributed by atoms with Crippen LogP contribution in [0.2, 0.25) is 0 Å². The van der Waals surface area contributed by atoms with Crippen molar-refractivity contribution >= 4 is 17.5 Å². The summed E-state index contributed by atoms with van der Waals surface area (Å²) < 4.78 is 0. The topological polar surface area (TPSA) is 62.3 Å². The van der Waals surface area contributed by atoms with Gasteiger partial charge in [0.2, 0.25) is 0 Å². The van der Waals surface area contributed by atoms with Gasteiger partial charge in [-0.25, -0.2) is 0 Å². The van der Waals surface area contributed by atoms with Gasteiger partial charge in [0.05, 0.1) is 11.1 Å². The van der Waals surface area contributed by atoms with Crippen LogP contribution in [0.3, 0.4) is 0 Å². The fraction of sp³-hybridized carbons (Fsp3) is 0.174. The van der Waals surface area contributed by atoms with Crippen molar-refractivity contribution < 1.29 is 9.59 Å². The molecular weight excluding hydrogens is 350 g/mol. The van der Waals surface area contributed by atoms with E-state index in [2.05, 4.69) is 10.3 Å². The molecule has 2 amide bonds. The Hall–Kier alpha value is -3.47. The van der Waals surface area contributed by atoms with E-state index >= 15 is 0 Å². The normalized spacial score (nSPS) is 12.5. The van der Waals surface area contributed by atoms with Crippen LogP contribution in [0.4, 0.5) is 5.69 Å². The summed E-state index contributed by atoms with van der Waals surface area (Å²) in [6.07, 6.45) is 3.84. The highest BCUT2D eigenvalue weighted by molar-refractivity contribution is 6.08. The van der Waals surface area contributed by atoms with Gasteiger partial charge >= 0.3 is 0 Å². The molecule has 0 fully saturated rings. The average molecular weight is 371 g/mol. The number of nitrogens with one attached hydrogen (secondary N) is 1. The zero-order valence-corrected chi connectivity index (χ0v) is 15.7. The number of rotatable bonds is 4. The average Bonchev–Trinajstić information content (AvgIpc) is 3.17. The minimum Gasteiger partial charge on any atom is -0.348 e. The second-order valence-corrected chi connectivity index (χ2v) is 6.97. The van der Waals surface area contributed by atoms with Gasteiger partial charge in [-0.15, -0.1) is 0 Å². The molecule has 1 aliphatic rings. The fourth-order valence-corrected chi connectivity index (χ4v) is 3.38. The lowest BCUT2D eigenvalue weighted by Gasteiger charge is -2.17. The summed E-state index contributed by atoms with van der Waals surface area (Å²) in [5.41, 5.74) is 5.09. The largest absolute Gasteiger partial charge is 0.348 e. The van der Waals surface area contributed by atoms with E-state index in [4.69, 9.17) is 0 Å². The summed E-state index contributed by atoms with van der Waals surface area (Å²) in [4.78, 5) is 31.3. The van der Waals surface area contributed by atoms with Crippen LogP contribution >= 0.6 is 0 Å². The molecule has 140 valence electrons. The predicted octanol–water partition coefficient (Wildman–Crippen LogP) is 3.52. The molecule has 2 aromatic carbocycles. The maximum absolute atomic E-state index is 12.9. The van der Waals surface area contributed by atoms with E-state index in [1.54, 1.807) is 11.0 Å². The molecule has 1 aromatic heterocycles. The number of fused-ring (bicyclic) bond motifs is 1. The molecule has 0 unspecified atom stereocenters. The number of para-hydroxylation sites is 1. The lowest BCUT2D eigenvalue weighted by molar-refractivity contribution is 0.0950. The lowest BCUT2D eigenvalue weighted by Crippen LogP contribution is -2.29. The van der Waals surface area contributed by atoms with Crippen LogP contribution in [0.1, 0.15) is 37.4 Å². The quantitative estimate of drug-likeness (QED) is 0.763. The lowest BCUT2D eigenvalue weighted by atomic mass is 10.1. The summed E-state index contributed by atoms with van der Waals surface area (Å²) in [5, 5.41) is 2.88. The number of aromatic nitrogens is 1. The Morgan fingerprint density at radius 1 is 1.04 bits per heavy atom. The van der Waals surface area contributed by atoms with E-state index in [-0.39, 0.29) is 11.8 Å². The van der Waals surface area contributed by atoms with Crippen LogP contribution in [-0.4, -0.2) is 23.3 Å². The second kappa shape index (κ2) is 7.64. The van der Waals surface area contributed by atoms with E-state index in [9.17, 15) is 9.59 Å². The minimum absolute atomic E-state index is 0.134. The molecule has 1 N–H and O–H groups in total. The first-order chi connectivity index (χ1) is 13.6. The Morgan fingerprint density at radius 2 is 1.79 bits per heavy atom. The molecule has 5 nitrogen and oxygen atoms in total. The first-order valence-corrected chi connectivity index (χ1v) is 9.30. The molecule has 0 radical (unpaired) electrons. The van der Waals surface area contributed by atoms with E-state index in [0.717, 1.165) is 23.2 Å². The summed E-state index contributed by atoms with van der Waals surface area (Å²) in [6.45, 7) is 3.09. The van der Waals surface area contributed by atoms with Crippen LogP contribution in [0.5, 0.6) is 0 Å². The van der Waals surface area contributed by atoms with Gasteiger partial charge in [0.15, 0.2) is 0 Å². The summed E-state index contributed by atoms with van der Waals surface area (Å²) in [7, 11) is 0. The van der Waals surface area contributed by atoms with Crippen molar-refractivity contribution in [3.8, 4) is 0 Å². The molecule has 0 saturated heterocycles. The fourth-order valence-electron chi connectivity index (χ4n) is 3.38. The van der Waals surface area contributed by atoms with Crippen LogP contribution in [0.25, 0.3) is 0 Å². The van der Waals surface area contributed by atoms with Gasteiger partial charge in [0.1, 0.15) is 0 Å². The number of amides is 2. The number of pyridine rings is 1. The van der Waals surface area contributed by atoms with Crippen molar-refractivity contribution in [2.24, 2.45) is 0 Å². The maximum atomic E-state index is 12.9. The van der Waals surface area contributed by atoms with Gasteiger partial charge in [-0.3, -0.25) is 14.6 Å². The molecule has 5 heteroatoms. The second-order valence-electron chi connectivity index (χ2n) is 6.97. The number of aryl methyl sites for hydroxylation is 1. The van der Waals surface area contributed by atoms with Crippen molar-refractivity contribution in [1.82, 2.24) is 10.3 Å². The Kier molecular flexibility index (Phi) is 4.89. The van der Waals surface area contributed by atoms with Crippen molar-refractivity contribution in [3.63, 3.8) is 0 Å². The molecule has 3 aromatic rings. The number of hydrogen-bond donors (Lipinski definition) is 1. The first-order valence-electron chi connectivity index (χ1n) is 9.30. The molecular formula is C23H21N3O2. The number of hydrogen-bond acceptors (Lipinski definition) is 3. The van der Waals surface area contributed by atoms with Crippen LogP contribution < -0.4 is 10.2 Å². The zero-order chi connectivity index (χ0) is 19.5. The Morgan fingerprint density at radius 3 is 2.61 bits per heavy atom. The van der Waals surface area contributed by atoms with Gasteiger partial charge in [0, 0.05) is 31.2 Å². The van der Waals surface area contributed by atoms with Gasteiger partial charge < -0.3 is 10.2 Å². The monoisotopic (exact) mass is 371 g/mol. The molecule has 28 heavy (non-hydrogen) atoms. The van der Waals surface area contributed by atoms with E-state index in [0.29, 0.717) is 24.2 Å². The highest BCUT2D eigenvalue weighted by Gasteiger charge is 2.25. The number of carbonyl (C=O) groups excluding carboxylic acids is 2. The molecule has 1 aliphatic heterocycles. The first kappa shape index (κ1) is 17.9. The van der Waals surface area contributed by atoms with Crippen molar-refractivity contribution in [3.05, 3.63) is 94.8 Å². The predicted molar refractivity (Wildman–Crippen MR) is 108 cm³/mol. The van der Waals surface area contributed by atoms with Gasteiger partial charge in [-0.05, 0) is 36.6 Å². The smallest absolute Gasteiger partial charge is 0.259 e. The highest BCUT2D eigenvalue weighted by atomic mass is 16.2. The van der Waals surface area contributed by atoms with Crippen LogP contribution in [0, 0.1) is 6.92 Å². The van der Waals surface area contributed by atoms with Crippen molar-refractivity contribution in [2.45, 2.75) is 19.9 Å². The molecule has 2 heterocycles. The molecule has 4 rings (SSSR count). The maximum Gasteiger partial charge on any atom is 0.259 e. The van der Waals surface area contributed by atoms with E-state index < -0.39 is 0 Å². The Balaban J connectivity index is 1.47. The van der Waals surface area contributed by atoms with Crippen molar-refractivity contribution in [1.29, 1.82) is 0 Å².